The van der Waals surface area contributed by atoms with E-state index >= 15 is 0 Å². The number of hydrogen-bond acceptors (Lipinski definition) is 2. The molecule has 12 heavy (non-hydrogen) atoms. The molecular formula is C9H8INS. The summed E-state index contributed by atoms with van der Waals surface area (Å²) in [7, 11) is 0. The molecule has 0 unspecified atom stereocenters. The molecule has 0 saturated carbocycles. The first kappa shape index (κ1) is 8.31. The van der Waals surface area contributed by atoms with Crippen molar-refractivity contribution >= 4 is 49.7 Å². The average molecular weight is 289 g/mol. The molecule has 1 nitrogen and oxygen atoms in total. The van der Waals surface area contributed by atoms with E-state index in [9.17, 15) is 0 Å². The van der Waals surface area contributed by atoms with E-state index in [0.717, 1.165) is 5.69 Å². The van der Waals surface area contributed by atoms with Gasteiger partial charge >= 0.3 is 0 Å². The van der Waals surface area contributed by atoms with Crippen LogP contribution in [0.15, 0.2) is 18.2 Å². The Hall–Kier alpha value is -0.290. The summed E-state index contributed by atoms with van der Waals surface area (Å²) in [6.45, 7) is 2.12. The SMILES string of the molecule is Cc1c(I)sc2cccc(N)c12. The topological polar surface area (TPSA) is 26.0 Å². The molecule has 2 N–H and O–H groups in total. The van der Waals surface area contributed by atoms with Crippen molar-refractivity contribution in [3.8, 4) is 0 Å². The van der Waals surface area contributed by atoms with E-state index in [0.29, 0.717) is 0 Å². The summed E-state index contributed by atoms with van der Waals surface area (Å²) in [5.74, 6) is 0. The van der Waals surface area contributed by atoms with E-state index in [1.54, 1.807) is 11.3 Å². The molecule has 2 aromatic rings. The molecule has 0 atom stereocenters. The van der Waals surface area contributed by atoms with Crippen LogP contribution >= 0.6 is 33.9 Å². The van der Waals surface area contributed by atoms with Crippen molar-refractivity contribution < 1.29 is 0 Å². The van der Waals surface area contributed by atoms with Gasteiger partial charge in [0.05, 0.1) is 2.88 Å². The second-order valence-corrected chi connectivity index (χ2v) is 5.58. The van der Waals surface area contributed by atoms with Crippen LogP contribution in [-0.4, -0.2) is 0 Å². The molecular weight excluding hydrogens is 281 g/mol. The van der Waals surface area contributed by atoms with Gasteiger partial charge in [-0.25, -0.2) is 0 Å². The molecule has 0 fully saturated rings. The van der Waals surface area contributed by atoms with Gasteiger partial charge in [-0.3, -0.25) is 0 Å². The van der Waals surface area contributed by atoms with Crippen molar-refractivity contribution in [2.75, 3.05) is 5.73 Å². The van der Waals surface area contributed by atoms with Crippen LogP contribution in [0.2, 0.25) is 0 Å². The smallest absolute Gasteiger partial charge is 0.0695 e. The van der Waals surface area contributed by atoms with Crippen molar-refractivity contribution in [3.63, 3.8) is 0 Å². The maximum absolute atomic E-state index is 5.87. The summed E-state index contributed by atoms with van der Waals surface area (Å²) >= 11 is 4.16. The fourth-order valence-corrected chi connectivity index (χ4v) is 3.26. The Morgan fingerprint density at radius 1 is 1.42 bits per heavy atom. The highest BCUT2D eigenvalue weighted by atomic mass is 127. The second-order valence-electron chi connectivity index (χ2n) is 2.72. The maximum atomic E-state index is 5.87. The van der Waals surface area contributed by atoms with Gasteiger partial charge in [-0.15, -0.1) is 11.3 Å². The third-order valence-corrected chi connectivity index (χ3v) is 4.44. The molecule has 0 bridgehead atoms. The largest absolute Gasteiger partial charge is 0.398 e. The van der Waals surface area contributed by atoms with Crippen LogP contribution in [0, 0.1) is 9.81 Å². The van der Waals surface area contributed by atoms with Gasteiger partial charge in [0.15, 0.2) is 0 Å². The number of benzene rings is 1. The Balaban J connectivity index is 2.97. The van der Waals surface area contributed by atoms with Crippen molar-refractivity contribution in [3.05, 3.63) is 26.6 Å². The molecule has 1 aromatic carbocycles. The fourth-order valence-electron chi connectivity index (χ4n) is 1.31. The number of thiophene rings is 1. The van der Waals surface area contributed by atoms with Gasteiger partial charge in [-0.2, -0.15) is 0 Å². The highest BCUT2D eigenvalue weighted by Crippen LogP contribution is 2.34. The summed E-state index contributed by atoms with van der Waals surface area (Å²) in [6, 6.07) is 6.08. The number of fused-ring (bicyclic) bond motifs is 1. The molecule has 0 aliphatic carbocycles. The summed E-state index contributed by atoms with van der Waals surface area (Å²) < 4.78 is 2.62. The molecule has 0 radical (unpaired) electrons. The molecule has 0 saturated heterocycles. The normalized spacial score (nSPS) is 10.8. The Morgan fingerprint density at radius 2 is 2.17 bits per heavy atom. The molecule has 0 aliphatic rings. The van der Waals surface area contributed by atoms with Gasteiger partial charge in [-0.05, 0) is 47.2 Å². The van der Waals surface area contributed by atoms with Crippen LogP contribution in [0.1, 0.15) is 5.56 Å². The third kappa shape index (κ3) is 1.11. The monoisotopic (exact) mass is 289 g/mol. The third-order valence-electron chi connectivity index (χ3n) is 1.93. The van der Waals surface area contributed by atoms with E-state index in [4.69, 9.17) is 5.73 Å². The van der Waals surface area contributed by atoms with Crippen LogP contribution in [-0.2, 0) is 0 Å². The summed E-state index contributed by atoms with van der Waals surface area (Å²) in [5.41, 5.74) is 8.08. The molecule has 2 rings (SSSR count). The minimum atomic E-state index is 0.893. The number of halogens is 1. The van der Waals surface area contributed by atoms with E-state index in [2.05, 4.69) is 35.6 Å². The maximum Gasteiger partial charge on any atom is 0.0695 e. The Morgan fingerprint density at radius 3 is 2.83 bits per heavy atom. The van der Waals surface area contributed by atoms with Crippen molar-refractivity contribution in [2.45, 2.75) is 6.92 Å². The summed E-state index contributed by atoms with van der Waals surface area (Å²) in [4.78, 5) is 0. The van der Waals surface area contributed by atoms with E-state index in [1.165, 1.54) is 18.5 Å². The number of nitrogens with two attached hydrogens (primary N) is 1. The van der Waals surface area contributed by atoms with Crippen molar-refractivity contribution in [2.24, 2.45) is 0 Å². The molecule has 1 aromatic heterocycles. The van der Waals surface area contributed by atoms with Gasteiger partial charge < -0.3 is 5.73 Å². The van der Waals surface area contributed by atoms with Gasteiger partial charge in [0.25, 0.3) is 0 Å². The first-order chi connectivity index (χ1) is 5.70. The van der Waals surface area contributed by atoms with Crippen molar-refractivity contribution in [1.29, 1.82) is 0 Å². The molecule has 0 amide bonds. The first-order valence-electron chi connectivity index (χ1n) is 3.63. The number of nitrogen functional groups attached to an aromatic ring is 1. The minimum Gasteiger partial charge on any atom is -0.398 e. The minimum absolute atomic E-state index is 0.893. The standard InChI is InChI=1S/C9H8INS/c1-5-8-6(11)3-2-4-7(8)12-9(5)10/h2-4H,11H2,1H3. The zero-order valence-corrected chi connectivity index (χ0v) is 9.57. The highest BCUT2D eigenvalue weighted by molar-refractivity contribution is 14.1. The summed E-state index contributed by atoms with van der Waals surface area (Å²) in [5, 5.41) is 1.23. The van der Waals surface area contributed by atoms with Gasteiger partial charge in [0, 0.05) is 15.8 Å². The lowest BCUT2D eigenvalue weighted by Crippen LogP contribution is -1.85. The Labute approximate surface area is 88.7 Å². The van der Waals surface area contributed by atoms with Gasteiger partial charge in [0.2, 0.25) is 0 Å². The number of aryl methyl sites for hydroxylation is 1. The van der Waals surface area contributed by atoms with Crippen LogP contribution in [0.25, 0.3) is 10.1 Å². The quantitative estimate of drug-likeness (QED) is 0.584. The Bertz CT molecular complexity index is 433. The highest BCUT2D eigenvalue weighted by Gasteiger charge is 2.07. The lowest BCUT2D eigenvalue weighted by Gasteiger charge is -1.95. The number of hydrogen-bond donors (Lipinski definition) is 1. The first-order valence-corrected chi connectivity index (χ1v) is 5.53. The number of rotatable bonds is 0. The van der Waals surface area contributed by atoms with Crippen LogP contribution < -0.4 is 5.73 Å². The second kappa shape index (κ2) is 2.88. The van der Waals surface area contributed by atoms with Crippen LogP contribution in [0.4, 0.5) is 5.69 Å². The predicted octanol–water partition coefficient (Wildman–Crippen LogP) is 3.40. The number of anilines is 1. The molecule has 1 heterocycles. The zero-order valence-electron chi connectivity index (χ0n) is 6.60. The molecule has 0 aliphatic heterocycles. The summed E-state index contributed by atoms with van der Waals surface area (Å²) in [6.07, 6.45) is 0. The van der Waals surface area contributed by atoms with Gasteiger partial charge in [0.1, 0.15) is 0 Å². The van der Waals surface area contributed by atoms with Crippen molar-refractivity contribution in [1.82, 2.24) is 0 Å². The average Bonchev–Trinajstić information content (AvgIpc) is 2.29. The van der Waals surface area contributed by atoms with E-state index in [-0.39, 0.29) is 0 Å². The molecule has 3 heteroatoms. The lowest BCUT2D eigenvalue weighted by atomic mass is 10.1. The van der Waals surface area contributed by atoms with Crippen LogP contribution in [0.3, 0.4) is 0 Å². The zero-order chi connectivity index (χ0) is 8.72. The van der Waals surface area contributed by atoms with Gasteiger partial charge in [-0.1, -0.05) is 6.07 Å². The predicted molar refractivity (Wildman–Crippen MR) is 63.7 cm³/mol. The Kier molecular flexibility index (Phi) is 2.00. The van der Waals surface area contributed by atoms with Crippen LogP contribution in [0.5, 0.6) is 0 Å². The molecule has 62 valence electrons. The lowest BCUT2D eigenvalue weighted by molar-refractivity contribution is 1.56. The van der Waals surface area contributed by atoms with E-state index in [1.807, 2.05) is 12.1 Å². The van der Waals surface area contributed by atoms with E-state index < -0.39 is 0 Å². The fraction of sp³-hybridized carbons (Fsp3) is 0.111. The molecule has 0 spiro atoms.